The Morgan fingerprint density at radius 1 is 1.08 bits per heavy atom. The minimum Gasteiger partial charge on any atom is -0.478 e. The third kappa shape index (κ3) is 5.83. The molecular formula is C34H38N3O2+. The summed E-state index contributed by atoms with van der Waals surface area (Å²) < 4.78 is 2.09. The largest absolute Gasteiger partial charge is 0.478 e. The van der Waals surface area contributed by atoms with Crippen molar-refractivity contribution in [2.75, 3.05) is 4.90 Å². The Kier molecular flexibility index (Phi) is 7.69. The number of aromatic nitrogens is 2. The van der Waals surface area contributed by atoms with Crippen LogP contribution in [0.2, 0.25) is 0 Å². The van der Waals surface area contributed by atoms with E-state index in [4.69, 9.17) is 5.11 Å². The number of carbonyl (C=O) groups is 1. The summed E-state index contributed by atoms with van der Waals surface area (Å²) in [6.45, 7) is 9.87. The van der Waals surface area contributed by atoms with Crippen LogP contribution in [0.1, 0.15) is 61.6 Å². The molecule has 39 heavy (non-hydrogen) atoms. The summed E-state index contributed by atoms with van der Waals surface area (Å²) in [7, 11) is 0. The fraction of sp³-hybridized carbons (Fsp3) is 0.294. The van der Waals surface area contributed by atoms with Crippen LogP contribution in [0.3, 0.4) is 0 Å². The molecule has 4 aromatic rings. The van der Waals surface area contributed by atoms with Crippen LogP contribution in [-0.2, 0) is 24.2 Å². The second-order valence-corrected chi connectivity index (χ2v) is 11.0. The molecule has 0 amide bonds. The van der Waals surface area contributed by atoms with Gasteiger partial charge in [-0.2, -0.15) is 5.10 Å². The lowest BCUT2D eigenvalue weighted by Gasteiger charge is -2.44. The van der Waals surface area contributed by atoms with E-state index in [1.807, 2.05) is 12.1 Å². The summed E-state index contributed by atoms with van der Waals surface area (Å²) in [4.78, 5) is 13.5. The summed E-state index contributed by atoms with van der Waals surface area (Å²) in [5.41, 5.74) is 9.77. The van der Waals surface area contributed by atoms with Crippen LogP contribution in [0.25, 0.3) is 17.2 Å². The van der Waals surface area contributed by atoms with Crippen LogP contribution in [0, 0.1) is 5.92 Å². The van der Waals surface area contributed by atoms with E-state index in [-0.39, 0.29) is 6.04 Å². The molecule has 1 aromatic heterocycles. The molecule has 1 aliphatic rings. The molecule has 0 aliphatic carbocycles. The molecule has 2 atom stereocenters. The lowest BCUT2D eigenvalue weighted by molar-refractivity contribution is -0.746. The van der Waals surface area contributed by atoms with Crippen molar-refractivity contribution in [1.82, 2.24) is 5.10 Å². The van der Waals surface area contributed by atoms with E-state index in [0.717, 1.165) is 24.9 Å². The van der Waals surface area contributed by atoms with Gasteiger partial charge in [0, 0.05) is 17.8 Å². The summed E-state index contributed by atoms with van der Waals surface area (Å²) in [6, 6.07) is 24.6. The number of carboxylic acid groups (broad SMARTS) is 1. The molecule has 0 saturated carbocycles. The van der Waals surface area contributed by atoms with Gasteiger partial charge in [-0.1, -0.05) is 68.4 Å². The first kappa shape index (κ1) is 26.5. The standard InChI is InChI=1S/C34H37N3O2/c1-5-36-22-30(21-35-36)28-13-16-32-29(20-28)19-24(4)37(31-14-8-26(9-15-31)18-23(2)3)34(32)27-11-6-25(7-12-27)10-17-33(38)39/h6-17,20-24,34H,5,18-19H2,1-4H3,(H,38,39)/p+1/b17-10+. The minimum absolute atomic E-state index is 0.0538. The molecule has 2 unspecified atom stereocenters. The lowest BCUT2D eigenvalue weighted by atomic mass is 9.83. The zero-order chi connectivity index (χ0) is 27.5. The topological polar surface area (TPSA) is 60.2 Å². The molecule has 0 saturated heterocycles. The minimum atomic E-state index is -0.941. The molecule has 3 aromatic carbocycles. The van der Waals surface area contributed by atoms with Gasteiger partial charge in [0.1, 0.15) is 0 Å². The van der Waals surface area contributed by atoms with Gasteiger partial charge < -0.3 is 10.0 Å². The number of anilines is 1. The Bertz CT molecular complexity index is 1470. The highest BCUT2D eigenvalue weighted by atomic mass is 16.4. The third-order valence-corrected chi connectivity index (χ3v) is 7.61. The highest BCUT2D eigenvalue weighted by molar-refractivity contribution is 5.85. The Balaban J connectivity index is 1.57. The molecule has 5 nitrogen and oxygen atoms in total. The Morgan fingerprint density at radius 2 is 1.82 bits per heavy atom. The Hall–Kier alpha value is -4.12. The number of benzene rings is 3. The van der Waals surface area contributed by atoms with Gasteiger partial charge in [-0.3, -0.25) is 0 Å². The zero-order valence-corrected chi connectivity index (χ0v) is 23.3. The van der Waals surface area contributed by atoms with Gasteiger partial charge in [0.2, 0.25) is 6.20 Å². The number of nitrogens with zero attached hydrogens (tertiary/aromatic N) is 2. The summed E-state index contributed by atoms with van der Waals surface area (Å²) >= 11 is 0. The first-order valence-corrected chi connectivity index (χ1v) is 13.9. The van der Waals surface area contributed by atoms with Crippen molar-refractivity contribution in [3.63, 3.8) is 0 Å². The van der Waals surface area contributed by atoms with Crippen molar-refractivity contribution >= 4 is 17.7 Å². The van der Waals surface area contributed by atoms with Crippen molar-refractivity contribution in [3.05, 3.63) is 113 Å². The number of fused-ring (bicyclic) bond motifs is 1. The van der Waals surface area contributed by atoms with E-state index in [1.165, 1.54) is 45.1 Å². The summed E-state index contributed by atoms with van der Waals surface area (Å²) in [6.07, 6.45) is 9.10. The Morgan fingerprint density at radius 3 is 2.46 bits per heavy atom. The molecule has 0 fully saturated rings. The van der Waals surface area contributed by atoms with Crippen LogP contribution in [0.4, 0.5) is 5.69 Å². The van der Waals surface area contributed by atoms with Crippen LogP contribution in [0.5, 0.6) is 0 Å². The van der Waals surface area contributed by atoms with Gasteiger partial charge in [0.05, 0.1) is 17.8 Å². The second-order valence-electron chi connectivity index (χ2n) is 11.0. The highest BCUT2D eigenvalue weighted by Crippen LogP contribution is 2.42. The molecule has 2 heterocycles. The fourth-order valence-electron chi connectivity index (χ4n) is 5.76. The number of hydrogen-bond donors (Lipinski definition) is 2. The van der Waals surface area contributed by atoms with Crippen molar-refractivity contribution in [1.29, 1.82) is 0 Å². The predicted octanol–water partition coefficient (Wildman–Crippen LogP) is 6.83. The maximum absolute atomic E-state index is 11.0. The van der Waals surface area contributed by atoms with E-state index in [9.17, 15) is 4.79 Å². The molecule has 0 spiro atoms. The van der Waals surface area contributed by atoms with Crippen LogP contribution in [0.15, 0.2) is 85.2 Å². The predicted molar refractivity (Wildman–Crippen MR) is 158 cm³/mol. The molecule has 0 bridgehead atoms. The van der Waals surface area contributed by atoms with Crippen molar-refractivity contribution < 1.29 is 14.6 Å². The number of aliphatic carboxylic acids is 1. The van der Waals surface area contributed by atoms with Gasteiger partial charge in [-0.15, -0.1) is 4.68 Å². The van der Waals surface area contributed by atoms with E-state index in [2.05, 4.69) is 109 Å². The number of carboxylic acids is 1. The number of hydrogen-bond acceptors (Lipinski definition) is 2. The monoisotopic (exact) mass is 520 g/mol. The smallest absolute Gasteiger partial charge is 0.328 e. The normalized spacial score (nSPS) is 17.1. The number of aromatic amines is 1. The zero-order valence-electron chi connectivity index (χ0n) is 23.3. The van der Waals surface area contributed by atoms with Gasteiger partial charge in [0.25, 0.3) is 0 Å². The highest BCUT2D eigenvalue weighted by Gasteiger charge is 2.34. The summed E-state index contributed by atoms with van der Waals surface area (Å²) in [5, 5.41) is 12.3. The Labute approximate surface area is 231 Å². The van der Waals surface area contributed by atoms with E-state index in [1.54, 1.807) is 6.08 Å². The molecular weight excluding hydrogens is 482 g/mol. The lowest BCUT2D eigenvalue weighted by Crippen LogP contribution is -2.42. The first-order chi connectivity index (χ1) is 18.8. The van der Waals surface area contributed by atoms with Gasteiger partial charge in [-0.25, -0.2) is 4.79 Å². The van der Waals surface area contributed by atoms with Crippen molar-refractivity contribution in [2.45, 2.75) is 59.2 Å². The van der Waals surface area contributed by atoms with E-state index in [0.29, 0.717) is 12.0 Å². The first-order valence-electron chi connectivity index (χ1n) is 13.9. The number of H-pyrrole nitrogens is 1. The molecule has 2 N–H and O–H groups in total. The molecule has 1 aliphatic heterocycles. The average molecular weight is 521 g/mol. The molecule has 0 radical (unpaired) electrons. The quantitative estimate of drug-likeness (QED) is 0.198. The van der Waals surface area contributed by atoms with E-state index < -0.39 is 5.97 Å². The van der Waals surface area contributed by atoms with Crippen LogP contribution < -0.4 is 9.58 Å². The van der Waals surface area contributed by atoms with Crippen LogP contribution >= 0.6 is 0 Å². The SMILES string of the molecule is CC[n+]1cc(-c2ccc3c(c2)CC(C)N(c2ccc(CC(C)C)cc2)C3c2ccc(/C=C/C(=O)O)cc2)c[nH]1. The molecule has 5 heteroatoms. The molecule has 5 rings (SSSR count). The average Bonchev–Trinajstić information content (AvgIpc) is 3.41. The second kappa shape index (κ2) is 11.3. The van der Waals surface area contributed by atoms with Crippen LogP contribution in [-0.4, -0.2) is 22.2 Å². The maximum Gasteiger partial charge on any atom is 0.328 e. The third-order valence-electron chi connectivity index (χ3n) is 7.61. The van der Waals surface area contributed by atoms with E-state index >= 15 is 0 Å². The summed E-state index contributed by atoms with van der Waals surface area (Å²) in [5.74, 6) is -0.317. The molecule has 200 valence electrons. The van der Waals surface area contributed by atoms with Gasteiger partial charge in [-0.05, 0) is 84.2 Å². The number of aryl methyl sites for hydroxylation is 1. The number of rotatable bonds is 8. The van der Waals surface area contributed by atoms with Crippen molar-refractivity contribution in [3.8, 4) is 11.1 Å². The van der Waals surface area contributed by atoms with Crippen molar-refractivity contribution in [2.24, 2.45) is 5.92 Å². The van der Waals surface area contributed by atoms with Gasteiger partial charge in [0.15, 0.2) is 6.54 Å². The fourth-order valence-corrected chi connectivity index (χ4v) is 5.76. The number of nitrogens with one attached hydrogen (secondary N) is 1. The van der Waals surface area contributed by atoms with Gasteiger partial charge >= 0.3 is 5.97 Å². The maximum atomic E-state index is 11.0.